The highest BCUT2D eigenvalue weighted by atomic mass is 19.4. The monoisotopic (exact) mass is 456 g/mol. The van der Waals surface area contributed by atoms with Crippen molar-refractivity contribution in [2.75, 3.05) is 0 Å². The molecule has 3 aromatic heterocycles. The highest BCUT2D eigenvalue weighted by Crippen LogP contribution is 2.30. The van der Waals surface area contributed by atoms with E-state index in [0.717, 1.165) is 12.1 Å². The number of nitrogens with zero attached hydrogens (tertiary/aromatic N) is 5. The van der Waals surface area contributed by atoms with Gasteiger partial charge in [0.15, 0.2) is 0 Å². The average Bonchev–Trinajstić information content (AvgIpc) is 3.33. The van der Waals surface area contributed by atoms with E-state index < -0.39 is 23.1 Å². The van der Waals surface area contributed by atoms with Gasteiger partial charge in [-0.05, 0) is 42.8 Å². The van der Waals surface area contributed by atoms with E-state index in [-0.39, 0.29) is 13.1 Å². The number of halogens is 4. The Balaban J connectivity index is 1.49. The van der Waals surface area contributed by atoms with Crippen molar-refractivity contribution in [3.8, 4) is 0 Å². The number of aromatic nitrogens is 6. The van der Waals surface area contributed by atoms with Gasteiger partial charge >= 0.3 is 6.18 Å². The highest BCUT2D eigenvalue weighted by molar-refractivity contribution is 6.08. The molecule has 0 amide bonds. The second-order valence-corrected chi connectivity index (χ2v) is 7.71. The summed E-state index contributed by atoms with van der Waals surface area (Å²) in [7, 11) is 0. The van der Waals surface area contributed by atoms with E-state index in [0.29, 0.717) is 38.8 Å². The molecule has 0 atom stereocenters. The van der Waals surface area contributed by atoms with Gasteiger partial charge in [0.25, 0.3) is 5.56 Å². The van der Waals surface area contributed by atoms with E-state index in [1.165, 1.54) is 28.9 Å². The maximum atomic E-state index is 13.9. The Morgan fingerprint density at radius 2 is 1.82 bits per heavy atom. The number of benzene rings is 2. The van der Waals surface area contributed by atoms with Crippen LogP contribution in [0.15, 0.2) is 53.5 Å². The summed E-state index contributed by atoms with van der Waals surface area (Å²) < 4.78 is 55.4. The minimum Gasteiger partial charge on any atom is -0.330 e. The van der Waals surface area contributed by atoms with Crippen molar-refractivity contribution < 1.29 is 17.6 Å². The smallest absolute Gasteiger partial charge is 0.330 e. The SMILES string of the molecule is Cc1n[nH]c(=O)c2c1c1cc(F)ccc1n2Cc1cn(Cc2ccc(C(F)(F)F)cc2)nn1. The Kier molecular flexibility index (Phi) is 4.76. The van der Waals surface area contributed by atoms with Gasteiger partial charge in [-0.1, -0.05) is 17.3 Å². The molecule has 0 aliphatic heterocycles. The molecule has 0 saturated heterocycles. The summed E-state index contributed by atoms with van der Waals surface area (Å²) in [5, 5.41) is 15.8. The van der Waals surface area contributed by atoms with Crippen LogP contribution in [0.25, 0.3) is 21.8 Å². The third kappa shape index (κ3) is 3.75. The van der Waals surface area contributed by atoms with Crippen molar-refractivity contribution in [3.63, 3.8) is 0 Å². The maximum absolute atomic E-state index is 13.9. The van der Waals surface area contributed by atoms with Gasteiger partial charge in [0.2, 0.25) is 0 Å². The zero-order valence-electron chi connectivity index (χ0n) is 17.2. The van der Waals surface area contributed by atoms with Crippen LogP contribution >= 0.6 is 0 Å². The molecule has 3 heterocycles. The molecule has 0 aliphatic rings. The number of alkyl halides is 3. The number of aromatic amines is 1. The lowest BCUT2D eigenvalue weighted by Crippen LogP contribution is -2.14. The fourth-order valence-electron chi connectivity index (χ4n) is 3.97. The third-order valence-corrected chi connectivity index (χ3v) is 5.46. The third-order valence-electron chi connectivity index (χ3n) is 5.46. The van der Waals surface area contributed by atoms with Gasteiger partial charge < -0.3 is 4.57 Å². The van der Waals surface area contributed by atoms with E-state index in [4.69, 9.17) is 0 Å². The normalized spacial score (nSPS) is 12.2. The number of nitrogens with one attached hydrogen (secondary N) is 1. The maximum Gasteiger partial charge on any atom is 0.416 e. The molecule has 0 spiro atoms. The van der Waals surface area contributed by atoms with Gasteiger partial charge in [-0.25, -0.2) is 14.2 Å². The predicted octanol–water partition coefficient (Wildman–Crippen LogP) is 4.03. The molecule has 168 valence electrons. The number of aryl methyl sites for hydroxylation is 1. The van der Waals surface area contributed by atoms with Crippen molar-refractivity contribution >= 4 is 21.8 Å². The molecular formula is C22H16F4N6O. The Hall–Kier alpha value is -4.02. The van der Waals surface area contributed by atoms with Gasteiger partial charge in [0.1, 0.15) is 17.0 Å². The van der Waals surface area contributed by atoms with Gasteiger partial charge in [0.05, 0.1) is 30.5 Å². The topological polar surface area (TPSA) is 81.4 Å². The standard InChI is InChI=1S/C22H16F4N6O/c1-12-19-17-8-15(23)6-7-18(17)32(20(19)21(33)29-27-12)11-16-10-31(30-28-16)9-13-2-4-14(5-3-13)22(24,25)26/h2-8,10H,9,11H2,1H3,(H,29,33). The minimum atomic E-state index is -4.39. The Labute approximate surface area is 183 Å². The molecule has 1 N–H and O–H groups in total. The van der Waals surface area contributed by atoms with Crippen molar-refractivity contribution in [1.82, 2.24) is 29.8 Å². The van der Waals surface area contributed by atoms with E-state index in [1.807, 2.05) is 0 Å². The molecule has 11 heteroatoms. The van der Waals surface area contributed by atoms with E-state index >= 15 is 0 Å². The molecular weight excluding hydrogens is 440 g/mol. The van der Waals surface area contributed by atoms with Crippen LogP contribution in [0.4, 0.5) is 17.6 Å². The quantitative estimate of drug-likeness (QED) is 0.414. The van der Waals surface area contributed by atoms with Gasteiger partial charge in [-0.15, -0.1) is 5.10 Å². The molecule has 33 heavy (non-hydrogen) atoms. The van der Waals surface area contributed by atoms with Gasteiger partial charge in [-0.2, -0.15) is 18.3 Å². The van der Waals surface area contributed by atoms with Crippen LogP contribution in [-0.4, -0.2) is 29.8 Å². The molecule has 0 unspecified atom stereocenters. The average molecular weight is 456 g/mol. The van der Waals surface area contributed by atoms with Crippen LogP contribution in [-0.2, 0) is 19.3 Å². The summed E-state index contributed by atoms with van der Waals surface area (Å²) in [6, 6.07) is 9.10. The number of rotatable bonds is 4. The van der Waals surface area contributed by atoms with Crippen molar-refractivity contribution in [2.45, 2.75) is 26.2 Å². The van der Waals surface area contributed by atoms with Crippen LogP contribution in [0.5, 0.6) is 0 Å². The van der Waals surface area contributed by atoms with Crippen LogP contribution in [0, 0.1) is 12.7 Å². The summed E-state index contributed by atoms with van der Waals surface area (Å²) in [5.74, 6) is -0.427. The highest BCUT2D eigenvalue weighted by Gasteiger charge is 2.29. The summed E-state index contributed by atoms with van der Waals surface area (Å²) >= 11 is 0. The zero-order chi connectivity index (χ0) is 23.3. The fourth-order valence-corrected chi connectivity index (χ4v) is 3.97. The van der Waals surface area contributed by atoms with Crippen molar-refractivity contribution in [2.24, 2.45) is 0 Å². The summed E-state index contributed by atoms with van der Waals surface area (Å²) in [6.45, 7) is 2.14. The number of H-pyrrole nitrogens is 1. The van der Waals surface area contributed by atoms with Gasteiger partial charge in [0, 0.05) is 16.3 Å². The Morgan fingerprint density at radius 1 is 1.06 bits per heavy atom. The number of fused-ring (bicyclic) bond motifs is 3. The summed E-state index contributed by atoms with van der Waals surface area (Å²) in [4.78, 5) is 12.6. The summed E-state index contributed by atoms with van der Waals surface area (Å²) in [5.41, 5.74) is 1.58. The van der Waals surface area contributed by atoms with Crippen LogP contribution in [0.3, 0.4) is 0 Å². The Morgan fingerprint density at radius 3 is 2.55 bits per heavy atom. The molecule has 5 rings (SSSR count). The first-order chi connectivity index (χ1) is 15.7. The second-order valence-electron chi connectivity index (χ2n) is 7.71. The lowest BCUT2D eigenvalue weighted by Gasteiger charge is -2.07. The fraction of sp³-hybridized carbons (Fsp3) is 0.182. The van der Waals surface area contributed by atoms with Crippen molar-refractivity contribution in [1.29, 1.82) is 0 Å². The molecule has 0 bridgehead atoms. The van der Waals surface area contributed by atoms with E-state index in [1.54, 1.807) is 23.8 Å². The minimum absolute atomic E-state index is 0.186. The molecule has 7 nitrogen and oxygen atoms in total. The largest absolute Gasteiger partial charge is 0.416 e. The molecule has 0 aliphatic carbocycles. The molecule has 0 saturated carbocycles. The molecule has 0 radical (unpaired) electrons. The molecule has 0 fully saturated rings. The number of hydrogen-bond acceptors (Lipinski definition) is 4. The van der Waals surface area contributed by atoms with E-state index in [2.05, 4.69) is 20.5 Å². The van der Waals surface area contributed by atoms with Crippen LogP contribution < -0.4 is 5.56 Å². The first-order valence-corrected chi connectivity index (χ1v) is 9.92. The van der Waals surface area contributed by atoms with Crippen LogP contribution in [0.1, 0.15) is 22.5 Å². The van der Waals surface area contributed by atoms with Gasteiger partial charge in [-0.3, -0.25) is 4.79 Å². The Bertz CT molecular complexity index is 1550. The second kappa shape index (κ2) is 7.54. The molecule has 2 aromatic carbocycles. The first-order valence-electron chi connectivity index (χ1n) is 9.92. The van der Waals surface area contributed by atoms with Crippen molar-refractivity contribution in [3.05, 3.63) is 87.3 Å². The number of hydrogen-bond donors (Lipinski definition) is 1. The first kappa shape index (κ1) is 20.9. The zero-order valence-corrected chi connectivity index (χ0v) is 17.2. The van der Waals surface area contributed by atoms with E-state index in [9.17, 15) is 22.4 Å². The lowest BCUT2D eigenvalue weighted by molar-refractivity contribution is -0.137. The molecule has 5 aromatic rings. The van der Waals surface area contributed by atoms with Crippen LogP contribution in [0.2, 0.25) is 0 Å². The lowest BCUT2D eigenvalue weighted by atomic mass is 10.1. The summed E-state index contributed by atoms with van der Waals surface area (Å²) in [6.07, 6.45) is -2.74. The predicted molar refractivity (Wildman–Crippen MR) is 112 cm³/mol.